The molecule has 37 heavy (non-hydrogen) atoms. The highest BCUT2D eigenvalue weighted by atomic mass is 16.6. The lowest BCUT2D eigenvalue weighted by Gasteiger charge is -2.38. The molecular formula is C33H46O4. The average molecular weight is 507 g/mol. The summed E-state index contributed by atoms with van der Waals surface area (Å²) in [6.45, 7) is 8.62. The first-order valence-corrected chi connectivity index (χ1v) is 14.8. The van der Waals surface area contributed by atoms with Gasteiger partial charge in [-0.3, -0.25) is 9.59 Å². The topological polar surface area (TPSA) is 52.6 Å². The van der Waals surface area contributed by atoms with E-state index >= 15 is 0 Å². The molecule has 0 aromatic carbocycles. The van der Waals surface area contributed by atoms with E-state index in [9.17, 15) is 9.59 Å². The van der Waals surface area contributed by atoms with Crippen LogP contribution in [0.2, 0.25) is 0 Å². The lowest BCUT2D eigenvalue weighted by molar-refractivity contribution is -0.174. The van der Waals surface area contributed by atoms with Crippen molar-refractivity contribution in [3.05, 3.63) is 59.8 Å². The molecule has 0 heterocycles. The van der Waals surface area contributed by atoms with Gasteiger partial charge < -0.3 is 9.47 Å². The summed E-state index contributed by atoms with van der Waals surface area (Å²) in [5.74, 6) is -1.31. The van der Waals surface area contributed by atoms with E-state index < -0.39 is 23.0 Å². The molecule has 202 valence electrons. The molecule has 0 aromatic heterocycles. The van der Waals surface area contributed by atoms with Crippen molar-refractivity contribution in [3.63, 3.8) is 0 Å². The van der Waals surface area contributed by atoms with Crippen LogP contribution in [0.25, 0.3) is 0 Å². The molecule has 4 rings (SSSR count). The Morgan fingerprint density at radius 2 is 1.16 bits per heavy atom. The SMILES string of the molecule is CCCC1=CC=CC(CCC)(OC(=O)C2C3C=CC(C3)C2C(=O)OC2(CCC)C=CC=C(CCC)C2)C1. The maximum Gasteiger partial charge on any atom is 0.311 e. The Morgan fingerprint density at radius 3 is 1.54 bits per heavy atom. The number of esters is 2. The Morgan fingerprint density at radius 1 is 0.730 bits per heavy atom. The van der Waals surface area contributed by atoms with Crippen LogP contribution >= 0.6 is 0 Å². The molecule has 0 saturated heterocycles. The number of rotatable bonds is 12. The van der Waals surface area contributed by atoms with Crippen LogP contribution in [0.3, 0.4) is 0 Å². The van der Waals surface area contributed by atoms with Gasteiger partial charge in [-0.1, -0.05) is 101 Å². The van der Waals surface area contributed by atoms with Crippen molar-refractivity contribution in [2.24, 2.45) is 23.7 Å². The summed E-state index contributed by atoms with van der Waals surface area (Å²) in [7, 11) is 0. The molecule has 0 aromatic rings. The van der Waals surface area contributed by atoms with Gasteiger partial charge in [0.15, 0.2) is 0 Å². The van der Waals surface area contributed by atoms with Gasteiger partial charge in [0.1, 0.15) is 11.2 Å². The van der Waals surface area contributed by atoms with E-state index in [1.54, 1.807) is 0 Å². The Kier molecular flexibility index (Phi) is 8.98. The molecule has 2 bridgehead atoms. The molecule has 1 fully saturated rings. The zero-order valence-corrected chi connectivity index (χ0v) is 23.3. The van der Waals surface area contributed by atoms with Crippen LogP contribution in [0.15, 0.2) is 59.8 Å². The van der Waals surface area contributed by atoms with E-state index in [1.165, 1.54) is 11.1 Å². The molecule has 0 radical (unpaired) electrons. The Bertz CT molecular complexity index is 920. The molecule has 1 saturated carbocycles. The van der Waals surface area contributed by atoms with Crippen LogP contribution in [0.5, 0.6) is 0 Å². The number of carbonyl (C=O) groups excluding carboxylic acids is 2. The minimum atomic E-state index is -0.611. The number of hydrogen-bond donors (Lipinski definition) is 0. The zero-order valence-electron chi connectivity index (χ0n) is 23.3. The average Bonchev–Trinajstić information content (AvgIpc) is 3.47. The van der Waals surface area contributed by atoms with Crippen LogP contribution in [0, 0.1) is 23.7 Å². The highest BCUT2D eigenvalue weighted by Gasteiger charge is 2.55. The second-order valence-electron chi connectivity index (χ2n) is 11.7. The van der Waals surface area contributed by atoms with Gasteiger partial charge in [-0.05, 0) is 56.1 Å². The maximum absolute atomic E-state index is 13.9. The van der Waals surface area contributed by atoms with E-state index in [2.05, 4.69) is 76.3 Å². The number of hydrogen-bond acceptors (Lipinski definition) is 4. The van der Waals surface area contributed by atoms with E-state index in [0.717, 1.165) is 70.6 Å². The summed E-state index contributed by atoms with van der Waals surface area (Å²) in [4.78, 5) is 27.7. The Labute approximate surface area is 223 Å². The van der Waals surface area contributed by atoms with E-state index in [1.807, 2.05) is 0 Å². The van der Waals surface area contributed by atoms with Gasteiger partial charge in [0.2, 0.25) is 0 Å². The number of allylic oxidation sites excluding steroid dienone is 6. The van der Waals surface area contributed by atoms with Crippen LogP contribution in [0.4, 0.5) is 0 Å². The second kappa shape index (κ2) is 12.0. The van der Waals surface area contributed by atoms with Crippen LogP contribution in [-0.4, -0.2) is 23.1 Å². The van der Waals surface area contributed by atoms with Crippen molar-refractivity contribution >= 4 is 11.9 Å². The molecule has 4 nitrogen and oxygen atoms in total. The lowest BCUT2D eigenvalue weighted by Crippen LogP contribution is -2.44. The third-order valence-electron chi connectivity index (χ3n) is 8.62. The summed E-state index contributed by atoms with van der Waals surface area (Å²) in [6, 6.07) is 0. The van der Waals surface area contributed by atoms with Gasteiger partial charge in [-0.2, -0.15) is 0 Å². The van der Waals surface area contributed by atoms with Crippen molar-refractivity contribution in [1.29, 1.82) is 0 Å². The van der Waals surface area contributed by atoms with Crippen LogP contribution in [0.1, 0.15) is 98.3 Å². The molecule has 0 amide bonds. The second-order valence-corrected chi connectivity index (χ2v) is 11.7. The van der Waals surface area contributed by atoms with Crippen LogP contribution < -0.4 is 0 Å². The first-order chi connectivity index (χ1) is 17.9. The first-order valence-electron chi connectivity index (χ1n) is 14.8. The van der Waals surface area contributed by atoms with Crippen LogP contribution in [-0.2, 0) is 19.1 Å². The molecule has 0 N–H and O–H groups in total. The minimum absolute atomic E-state index is 0.0477. The molecule has 6 atom stereocenters. The predicted molar refractivity (Wildman–Crippen MR) is 149 cm³/mol. The highest BCUT2D eigenvalue weighted by molar-refractivity contribution is 5.85. The van der Waals surface area contributed by atoms with Crippen molar-refractivity contribution in [1.82, 2.24) is 0 Å². The largest absolute Gasteiger partial charge is 0.454 e. The molecule has 0 spiro atoms. The Balaban J connectivity index is 1.52. The zero-order chi connectivity index (χ0) is 26.5. The molecule has 6 unspecified atom stereocenters. The van der Waals surface area contributed by atoms with Crippen molar-refractivity contribution in [3.8, 4) is 0 Å². The van der Waals surface area contributed by atoms with Gasteiger partial charge in [-0.25, -0.2) is 0 Å². The normalized spacial score (nSPS) is 33.8. The fourth-order valence-corrected chi connectivity index (χ4v) is 7.14. The molecule has 4 heteroatoms. The molecule has 4 aliphatic rings. The first kappa shape index (κ1) is 27.7. The fourth-order valence-electron chi connectivity index (χ4n) is 7.14. The van der Waals surface area contributed by atoms with Gasteiger partial charge >= 0.3 is 11.9 Å². The van der Waals surface area contributed by atoms with E-state index in [0.29, 0.717) is 0 Å². The third-order valence-corrected chi connectivity index (χ3v) is 8.62. The standard InChI is InChI=1S/C33H46O4/c1-5-11-24-13-9-19-32(22-24,17-7-3)36-30(34)28-26-15-16-27(21-26)29(28)31(35)37-33(18-8-4)20-10-14-25(23-33)12-6-2/h9-10,13-16,19-20,26-29H,5-8,11-12,17-18,21-23H2,1-4H3. The molecule has 0 aliphatic heterocycles. The maximum atomic E-state index is 13.9. The third kappa shape index (κ3) is 6.04. The summed E-state index contributed by atoms with van der Waals surface area (Å²) in [6.07, 6.45) is 26.7. The fraction of sp³-hybridized carbons (Fsp3) is 0.636. The van der Waals surface area contributed by atoms with Gasteiger partial charge in [-0.15, -0.1) is 0 Å². The molecule has 4 aliphatic carbocycles. The van der Waals surface area contributed by atoms with E-state index in [-0.39, 0.29) is 23.8 Å². The smallest absolute Gasteiger partial charge is 0.311 e. The monoisotopic (exact) mass is 506 g/mol. The quantitative estimate of drug-likeness (QED) is 0.199. The van der Waals surface area contributed by atoms with Gasteiger partial charge in [0.05, 0.1) is 11.8 Å². The lowest BCUT2D eigenvalue weighted by atomic mass is 9.80. The van der Waals surface area contributed by atoms with Crippen molar-refractivity contribution in [2.45, 2.75) is 110 Å². The Hall–Kier alpha value is -2.36. The predicted octanol–water partition coefficient (Wildman–Crippen LogP) is 7.96. The minimum Gasteiger partial charge on any atom is -0.454 e. The number of fused-ring (bicyclic) bond motifs is 2. The summed E-state index contributed by atoms with van der Waals surface area (Å²) >= 11 is 0. The number of ether oxygens (including phenoxy) is 2. The van der Waals surface area contributed by atoms with Crippen molar-refractivity contribution < 1.29 is 19.1 Å². The summed E-state index contributed by atoms with van der Waals surface area (Å²) in [5.41, 5.74) is 1.44. The van der Waals surface area contributed by atoms with Crippen molar-refractivity contribution in [2.75, 3.05) is 0 Å². The van der Waals surface area contributed by atoms with E-state index in [4.69, 9.17) is 9.47 Å². The van der Waals surface area contributed by atoms with Gasteiger partial charge in [0.25, 0.3) is 0 Å². The summed E-state index contributed by atoms with van der Waals surface area (Å²) < 4.78 is 12.8. The highest BCUT2D eigenvalue weighted by Crippen LogP contribution is 2.51. The van der Waals surface area contributed by atoms with Gasteiger partial charge in [0, 0.05) is 12.8 Å². The summed E-state index contributed by atoms with van der Waals surface area (Å²) in [5, 5.41) is 0. The molecular weight excluding hydrogens is 460 g/mol. The number of carbonyl (C=O) groups is 2.